The standard InChI is InChI=1S/C42H51ClN12O5/c1-51-37-27(4-2-6-33(37)55(42(51)59)34-11-12-36(56)50-41(34)58)5-3-15-52-16-18-53(19-17-52)23-26-7-9-28(10-8-26)47-22-32(38(43)45)48-40(57)31(21-44)39-46-14-13-35(49-39)54-24-30-20-29(54)25-60-30/h2,4,6,13-14,21-22,26,28-30,34,44-47H,7-12,15-20,23-25H2,1H3,(H,48,57)(H,50,56,58)/b32-22+,39-31-,44-21?,45-38?/t26-,28-,29-,30-,34?/m1/s1. The van der Waals surface area contributed by atoms with Crippen LogP contribution in [0, 0.1) is 28.6 Å². The molecule has 8 rings (SSSR count). The van der Waals surface area contributed by atoms with Gasteiger partial charge in [-0.25, -0.2) is 9.79 Å². The van der Waals surface area contributed by atoms with E-state index in [9.17, 15) is 19.2 Å². The molecule has 1 unspecified atom stereocenters. The van der Waals surface area contributed by atoms with Gasteiger partial charge in [0.25, 0.3) is 5.91 Å². The number of hydrogen-bond acceptors (Lipinski definition) is 13. The van der Waals surface area contributed by atoms with Crippen LogP contribution in [0.3, 0.4) is 0 Å². The predicted octanol–water partition coefficient (Wildman–Crippen LogP) is 1.46. The average molecular weight is 839 g/mol. The number of nitrogens with one attached hydrogen (secondary N) is 6. The maximum absolute atomic E-state index is 13.3. The second-order valence-corrected chi connectivity index (χ2v) is 16.7. The fourth-order valence-corrected chi connectivity index (χ4v) is 9.27. The fraction of sp³-hybridized carbons (Fsp3) is 0.500. The van der Waals surface area contributed by atoms with Crippen LogP contribution in [0.2, 0.25) is 0 Å². The van der Waals surface area contributed by atoms with Crippen molar-refractivity contribution in [2.24, 2.45) is 18.0 Å². The Kier molecular flexibility index (Phi) is 12.3. The van der Waals surface area contributed by atoms with Crippen LogP contribution >= 0.6 is 11.6 Å². The molecule has 5 fully saturated rings. The molecule has 18 heteroatoms. The maximum Gasteiger partial charge on any atom is 0.329 e. The number of aryl methyl sites for hydroxylation is 1. The van der Waals surface area contributed by atoms with Gasteiger partial charge in [-0.05, 0) is 62.7 Å². The molecule has 60 heavy (non-hydrogen) atoms. The van der Waals surface area contributed by atoms with Gasteiger partial charge in [-0.1, -0.05) is 29.5 Å². The monoisotopic (exact) mass is 838 g/mol. The van der Waals surface area contributed by atoms with Crippen molar-refractivity contribution in [1.29, 1.82) is 10.8 Å². The highest BCUT2D eigenvalue weighted by atomic mass is 35.5. The number of morpholine rings is 1. The summed E-state index contributed by atoms with van der Waals surface area (Å²) in [4.78, 5) is 62.6. The molecule has 1 aliphatic carbocycles. The van der Waals surface area contributed by atoms with E-state index in [0.29, 0.717) is 30.1 Å². The van der Waals surface area contributed by atoms with Crippen LogP contribution in [0.25, 0.3) is 11.0 Å². The topological polar surface area (TPSA) is 205 Å². The second kappa shape index (κ2) is 18.0. The number of amidine groups is 1. The molecule has 1 aromatic carbocycles. The van der Waals surface area contributed by atoms with Crippen molar-refractivity contribution in [3.63, 3.8) is 0 Å². The van der Waals surface area contributed by atoms with Crippen molar-refractivity contribution in [2.45, 2.75) is 69.2 Å². The number of aromatic nitrogens is 2. The number of imide groups is 1. The lowest BCUT2D eigenvalue weighted by molar-refractivity contribution is -0.135. The van der Waals surface area contributed by atoms with Crippen LogP contribution in [-0.2, 0) is 26.2 Å². The molecule has 17 nitrogen and oxygen atoms in total. The molecule has 4 saturated heterocycles. The van der Waals surface area contributed by atoms with E-state index in [2.05, 4.69) is 52.8 Å². The first-order valence-electron chi connectivity index (χ1n) is 20.7. The summed E-state index contributed by atoms with van der Waals surface area (Å²) in [5, 5.41) is 27.2. The highest BCUT2D eigenvalue weighted by Gasteiger charge is 2.40. The molecule has 2 bridgehead atoms. The zero-order valence-electron chi connectivity index (χ0n) is 33.6. The van der Waals surface area contributed by atoms with E-state index < -0.39 is 17.9 Å². The van der Waals surface area contributed by atoms with Crippen LogP contribution < -0.4 is 27.0 Å². The molecule has 1 saturated carbocycles. The fourth-order valence-electron chi connectivity index (χ4n) is 9.17. The van der Waals surface area contributed by atoms with E-state index in [4.69, 9.17) is 27.2 Å². The predicted molar refractivity (Wildman–Crippen MR) is 227 cm³/mol. The van der Waals surface area contributed by atoms with Crippen LogP contribution in [0.15, 0.2) is 63.6 Å². The second-order valence-electron chi connectivity index (χ2n) is 16.3. The number of likely N-dealkylation sites (tertiary alicyclic amines) is 1. The number of carbonyl (C=O) groups excluding carboxylic acids is 3. The Balaban J connectivity index is 0.790. The Bertz CT molecular complexity index is 2320. The van der Waals surface area contributed by atoms with Crippen LogP contribution in [0.5, 0.6) is 0 Å². The number of imidazole rings is 1. The molecule has 0 radical (unpaired) electrons. The van der Waals surface area contributed by atoms with Gasteiger partial charge in [0.05, 0.1) is 53.2 Å². The van der Waals surface area contributed by atoms with E-state index in [1.165, 1.54) is 9.13 Å². The molecule has 0 spiro atoms. The van der Waals surface area contributed by atoms with Gasteiger partial charge in [0.2, 0.25) is 11.8 Å². The number of halogens is 1. The maximum atomic E-state index is 13.3. The molecule has 6 N–H and O–H groups in total. The third-order valence-electron chi connectivity index (χ3n) is 12.4. The van der Waals surface area contributed by atoms with Crippen molar-refractivity contribution >= 4 is 57.6 Å². The lowest BCUT2D eigenvalue weighted by Gasteiger charge is -2.37. The number of benzene rings is 1. The quantitative estimate of drug-likeness (QED) is 0.0880. The molecule has 3 amide bonds. The molecular weight excluding hydrogens is 788 g/mol. The van der Waals surface area contributed by atoms with Gasteiger partial charge in [-0.2, -0.15) is 0 Å². The third-order valence-corrected chi connectivity index (χ3v) is 12.6. The summed E-state index contributed by atoms with van der Waals surface area (Å²) in [7, 11) is 1.69. The van der Waals surface area contributed by atoms with Gasteiger partial charge in [0.1, 0.15) is 22.9 Å². The van der Waals surface area contributed by atoms with Crippen molar-refractivity contribution in [3.8, 4) is 11.8 Å². The summed E-state index contributed by atoms with van der Waals surface area (Å²) in [6.07, 6.45) is 11.8. The van der Waals surface area contributed by atoms with Crippen LogP contribution in [0.1, 0.15) is 56.6 Å². The number of rotatable bonds is 10. The molecule has 316 valence electrons. The lowest BCUT2D eigenvalue weighted by atomic mass is 9.85. The summed E-state index contributed by atoms with van der Waals surface area (Å²) >= 11 is 6.11. The Morgan fingerprint density at radius 2 is 1.88 bits per heavy atom. The van der Waals surface area contributed by atoms with Gasteiger partial charge in [0, 0.05) is 77.4 Å². The molecule has 3 atom stereocenters. The van der Waals surface area contributed by atoms with E-state index in [0.717, 1.165) is 89.0 Å². The zero-order valence-corrected chi connectivity index (χ0v) is 34.4. The largest absolute Gasteiger partial charge is 0.386 e. The zero-order chi connectivity index (χ0) is 41.9. The number of fused-ring (bicyclic) bond motifs is 3. The van der Waals surface area contributed by atoms with E-state index >= 15 is 0 Å². The first-order chi connectivity index (χ1) is 29.1. The van der Waals surface area contributed by atoms with Gasteiger partial charge >= 0.3 is 5.69 Å². The number of ether oxygens (including phenoxy) is 1. The van der Waals surface area contributed by atoms with Crippen molar-refractivity contribution in [1.82, 2.24) is 45.1 Å². The van der Waals surface area contributed by atoms with Gasteiger partial charge < -0.3 is 35.9 Å². The minimum atomic E-state index is -0.736. The van der Waals surface area contributed by atoms with E-state index in [1.807, 2.05) is 24.3 Å². The van der Waals surface area contributed by atoms with Crippen LogP contribution in [0.4, 0.5) is 0 Å². The number of amides is 3. The summed E-state index contributed by atoms with van der Waals surface area (Å²) in [5.41, 5.74) is 1.88. The highest BCUT2D eigenvalue weighted by molar-refractivity contribution is 6.68. The smallest absolute Gasteiger partial charge is 0.329 e. The molecule has 6 heterocycles. The van der Waals surface area contributed by atoms with Gasteiger partial charge in [-0.15, -0.1) is 0 Å². The number of allylic oxidation sites excluding steroid dienone is 1. The number of nitrogens with zero attached hydrogens (tertiary/aromatic N) is 6. The number of piperidine rings is 1. The lowest BCUT2D eigenvalue weighted by Crippen LogP contribution is -2.48. The summed E-state index contributed by atoms with van der Waals surface area (Å²) in [6.45, 7) is 6.79. The molecular formula is C42H51ClN12O5. The number of hydrogen-bond donors (Lipinski definition) is 6. The average Bonchev–Trinajstić information content (AvgIpc) is 3.95. The number of piperazine rings is 1. The van der Waals surface area contributed by atoms with Crippen molar-refractivity contribution in [3.05, 3.63) is 69.8 Å². The third kappa shape index (κ3) is 8.83. The molecule has 2 aromatic rings. The van der Waals surface area contributed by atoms with E-state index in [1.54, 1.807) is 19.4 Å². The molecule has 6 aliphatic rings. The van der Waals surface area contributed by atoms with E-state index in [-0.39, 0.29) is 64.9 Å². The Hall–Kier alpha value is -5.54. The summed E-state index contributed by atoms with van der Waals surface area (Å²) in [5.74, 6) is 6.79. The first kappa shape index (κ1) is 41.2. The number of aliphatic imine (C=N–C) groups is 1. The summed E-state index contributed by atoms with van der Waals surface area (Å²) < 4.78 is 8.72. The normalized spacial score (nSPS) is 26.8. The van der Waals surface area contributed by atoms with Crippen molar-refractivity contribution in [2.75, 3.05) is 52.4 Å². The number of para-hydroxylation sites is 1. The molecule has 5 aliphatic heterocycles. The van der Waals surface area contributed by atoms with Gasteiger partial charge in [-0.3, -0.25) is 39.1 Å². The van der Waals surface area contributed by atoms with Crippen molar-refractivity contribution < 1.29 is 19.1 Å². The SMILES string of the molecule is Cn1c(=O)n(C2CCC(=O)NC2=O)c2cccc(C#CCN3CCN(C[C@H]4CC[C@H](N/C=C(/NC(=O)/C(C=N)=C5\N=C(N6C[C@H]7C[C@@H]6CO7)C=CN5)C(=N)Cl)CC4)CC3)c21. The highest BCUT2D eigenvalue weighted by Crippen LogP contribution is 2.30. The Morgan fingerprint density at radius 3 is 2.58 bits per heavy atom. The minimum absolute atomic E-state index is 0.0268. The van der Waals surface area contributed by atoms with Gasteiger partial charge in [0.15, 0.2) is 0 Å². The number of carbonyl (C=O) groups is 3. The Labute approximate surface area is 352 Å². The summed E-state index contributed by atoms with van der Waals surface area (Å²) in [6, 6.07) is 5.25. The van der Waals surface area contributed by atoms with Crippen LogP contribution in [-0.4, -0.2) is 129 Å². The first-order valence-corrected chi connectivity index (χ1v) is 21.1. The molecule has 1 aromatic heterocycles. The minimum Gasteiger partial charge on any atom is -0.386 e. The Morgan fingerprint density at radius 1 is 1.10 bits per heavy atom.